The van der Waals surface area contributed by atoms with Crippen LogP contribution in [-0.2, 0) is 11.3 Å². The largest absolute Gasteiger partial charge is 0.368 e. The summed E-state index contributed by atoms with van der Waals surface area (Å²) in [5.41, 5.74) is 2.44. The van der Waals surface area contributed by atoms with E-state index in [0.29, 0.717) is 45.6 Å². The molecule has 32 heavy (non-hydrogen) atoms. The SMILES string of the molecule is O=C(CCCn1nc(-c2ccc(Br)cc2)ccc1=O)N1CCN(c2ccc(F)cc2)CC1. The number of carbonyl (C=O) groups excluding carboxylic acids is 1. The fraction of sp³-hybridized carbons (Fsp3) is 0.292. The minimum absolute atomic E-state index is 0.0841. The number of aryl methyl sites for hydroxylation is 1. The Kier molecular flexibility index (Phi) is 6.99. The first kappa shape index (κ1) is 22.2. The third-order valence-corrected chi connectivity index (χ3v) is 6.12. The predicted octanol–water partition coefficient (Wildman–Crippen LogP) is 3.94. The van der Waals surface area contributed by atoms with Crippen LogP contribution in [0.15, 0.2) is 69.9 Å². The van der Waals surface area contributed by atoms with Gasteiger partial charge in [-0.3, -0.25) is 9.59 Å². The van der Waals surface area contributed by atoms with Gasteiger partial charge in [0.2, 0.25) is 5.91 Å². The van der Waals surface area contributed by atoms with Crippen molar-refractivity contribution < 1.29 is 9.18 Å². The van der Waals surface area contributed by atoms with Gasteiger partial charge in [-0.25, -0.2) is 9.07 Å². The van der Waals surface area contributed by atoms with E-state index in [-0.39, 0.29) is 17.3 Å². The van der Waals surface area contributed by atoms with Crippen molar-refractivity contribution in [3.8, 4) is 11.3 Å². The highest BCUT2D eigenvalue weighted by Crippen LogP contribution is 2.19. The van der Waals surface area contributed by atoms with E-state index in [2.05, 4.69) is 25.9 Å². The molecular formula is C24H24BrFN4O2. The molecule has 2 aromatic carbocycles. The lowest BCUT2D eigenvalue weighted by atomic mass is 10.1. The molecular weight excluding hydrogens is 475 g/mol. The minimum Gasteiger partial charge on any atom is -0.368 e. The molecule has 6 nitrogen and oxygen atoms in total. The molecule has 3 aromatic rings. The summed E-state index contributed by atoms with van der Waals surface area (Å²) in [6.45, 7) is 3.09. The Morgan fingerprint density at radius 2 is 1.62 bits per heavy atom. The van der Waals surface area contributed by atoms with Gasteiger partial charge in [-0.1, -0.05) is 28.1 Å². The number of anilines is 1. The highest BCUT2D eigenvalue weighted by molar-refractivity contribution is 9.10. The Balaban J connectivity index is 1.29. The van der Waals surface area contributed by atoms with Crippen LogP contribution in [0.4, 0.5) is 10.1 Å². The number of rotatable bonds is 6. The summed E-state index contributed by atoms with van der Waals surface area (Å²) >= 11 is 3.41. The quantitative estimate of drug-likeness (QED) is 0.516. The first-order valence-corrected chi connectivity index (χ1v) is 11.4. The van der Waals surface area contributed by atoms with Crippen LogP contribution in [0.2, 0.25) is 0 Å². The van der Waals surface area contributed by atoms with Crippen molar-refractivity contribution in [1.82, 2.24) is 14.7 Å². The number of benzene rings is 2. The number of hydrogen-bond donors (Lipinski definition) is 0. The van der Waals surface area contributed by atoms with Crippen LogP contribution in [0.3, 0.4) is 0 Å². The van der Waals surface area contributed by atoms with Crippen LogP contribution >= 0.6 is 15.9 Å². The van der Waals surface area contributed by atoms with E-state index in [1.807, 2.05) is 29.2 Å². The third kappa shape index (κ3) is 5.43. The van der Waals surface area contributed by atoms with Crippen LogP contribution in [0.5, 0.6) is 0 Å². The van der Waals surface area contributed by atoms with Crippen molar-refractivity contribution in [2.45, 2.75) is 19.4 Å². The molecule has 166 valence electrons. The van der Waals surface area contributed by atoms with Crippen molar-refractivity contribution in [3.05, 3.63) is 81.3 Å². The lowest BCUT2D eigenvalue weighted by molar-refractivity contribution is -0.131. The summed E-state index contributed by atoms with van der Waals surface area (Å²) in [7, 11) is 0. The summed E-state index contributed by atoms with van der Waals surface area (Å²) in [5.74, 6) is -0.167. The zero-order chi connectivity index (χ0) is 22.5. The Labute approximate surface area is 194 Å². The Hall–Kier alpha value is -3.00. The minimum atomic E-state index is -0.251. The monoisotopic (exact) mass is 498 g/mol. The molecule has 1 fully saturated rings. The maximum atomic E-state index is 13.1. The van der Waals surface area contributed by atoms with E-state index in [4.69, 9.17) is 0 Å². The van der Waals surface area contributed by atoms with Gasteiger partial charge in [0.05, 0.1) is 5.69 Å². The fourth-order valence-electron chi connectivity index (χ4n) is 3.79. The van der Waals surface area contributed by atoms with Crippen LogP contribution in [-0.4, -0.2) is 46.8 Å². The number of hydrogen-bond acceptors (Lipinski definition) is 4. The normalized spacial score (nSPS) is 13.9. The molecule has 1 saturated heterocycles. The van der Waals surface area contributed by atoms with Gasteiger partial charge in [0.25, 0.3) is 5.56 Å². The smallest absolute Gasteiger partial charge is 0.266 e. The molecule has 1 amide bonds. The van der Waals surface area contributed by atoms with Crippen LogP contribution < -0.4 is 10.5 Å². The Bertz CT molecular complexity index is 1120. The summed E-state index contributed by atoms with van der Waals surface area (Å²) in [4.78, 5) is 28.8. The molecule has 1 aromatic heterocycles. The maximum absolute atomic E-state index is 13.1. The van der Waals surface area contributed by atoms with Gasteiger partial charge < -0.3 is 9.80 Å². The standard InChI is InChI=1S/C24H24BrFN4O2/c25-19-5-3-18(4-6-19)22-11-12-24(32)30(27-22)13-1-2-23(31)29-16-14-28(15-17-29)21-9-7-20(26)8-10-21/h3-12H,1-2,13-17H2. The number of nitrogens with zero attached hydrogens (tertiary/aromatic N) is 4. The third-order valence-electron chi connectivity index (χ3n) is 5.59. The number of piperazine rings is 1. The van der Waals surface area contributed by atoms with Gasteiger partial charge in [0, 0.05) is 60.9 Å². The van der Waals surface area contributed by atoms with Crippen molar-refractivity contribution in [2.24, 2.45) is 0 Å². The molecule has 0 spiro atoms. The zero-order valence-electron chi connectivity index (χ0n) is 17.6. The predicted molar refractivity (Wildman–Crippen MR) is 126 cm³/mol. The number of amides is 1. The van der Waals surface area contributed by atoms with Gasteiger partial charge in [-0.15, -0.1) is 0 Å². The highest BCUT2D eigenvalue weighted by Gasteiger charge is 2.21. The van der Waals surface area contributed by atoms with Crippen LogP contribution in [0.1, 0.15) is 12.8 Å². The number of aromatic nitrogens is 2. The van der Waals surface area contributed by atoms with Crippen LogP contribution in [0.25, 0.3) is 11.3 Å². The van der Waals surface area contributed by atoms with Crippen molar-refractivity contribution >= 4 is 27.5 Å². The first-order valence-electron chi connectivity index (χ1n) is 10.6. The second-order valence-electron chi connectivity index (χ2n) is 7.73. The van der Waals surface area contributed by atoms with Gasteiger partial charge >= 0.3 is 0 Å². The Morgan fingerprint density at radius 3 is 2.31 bits per heavy atom. The molecule has 0 aliphatic carbocycles. The van der Waals surface area contributed by atoms with Crippen LogP contribution in [0, 0.1) is 5.82 Å². The van der Waals surface area contributed by atoms with Gasteiger partial charge in [0.1, 0.15) is 5.82 Å². The first-order chi connectivity index (χ1) is 15.5. The fourth-order valence-corrected chi connectivity index (χ4v) is 4.05. The number of halogens is 2. The topological polar surface area (TPSA) is 58.4 Å². The Morgan fingerprint density at radius 1 is 0.938 bits per heavy atom. The molecule has 8 heteroatoms. The van der Waals surface area contributed by atoms with E-state index >= 15 is 0 Å². The lowest BCUT2D eigenvalue weighted by Crippen LogP contribution is -2.48. The molecule has 1 aliphatic heterocycles. The van der Waals surface area contributed by atoms with Gasteiger partial charge in [-0.05, 0) is 48.9 Å². The lowest BCUT2D eigenvalue weighted by Gasteiger charge is -2.36. The van der Waals surface area contributed by atoms with Crippen molar-refractivity contribution in [3.63, 3.8) is 0 Å². The number of carbonyl (C=O) groups is 1. The van der Waals surface area contributed by atoms with Crippen molar-refractivity contribution in [2.75, 3.05) is 31.1 Å². The zero-order valence-corrected chi connectivity index (χ0v) is 19.2. The van der Waals surface area contributed by atoms with Crippen molar-refractivity contribution in [1.29, 1.82) is 0 Å². The van der Waals surface area contributed by atoms with Gasteiger partial charge in [0.15, 0.2) is 0 Å². The second-order valence-corrected chi connectivity index (χ2v) is 8.65. The van der Waals surface area contributed by atoms with E-state index in [0.717, 1.165) is 21.4 Å². The highest BCUT2D eigenvalue weighted by atomic mass is 79.9. The van der Waals surface area contributed by atoms with E-state index in [9.17, 15) is 14.0 Å². The molecule has 0 saturated carbocycles. The summed E-state index contributed by atoms with van der Waals surface area (Å²) < 4.78 is 15.5. The second kappa shape index (κ2) is 10.1. The maximum Gasteiger partial charge on any atom is 0.266 e. The molecule has 2 heterocycles. The molecule has 0 unspecified atom stereocenters. The van der Waals surface area contributed by atoms with E-state index in [1.165, 1.54) is 22.9 Å². The van der Waals surface area contributed by atoms with E-state index < -0.39 is 0 Å². The molecule has 0 radical (unpaired) electrons. The molecule has 1 aliphatic rings. The molecule has 0 bridgehead atoms. The molecule has 4 rings (SSSR count). The summed E-state index contributed by atoms with van der Waals surface area (Å²) in [5, 5.41) is 4.46. The van der Waals surface area contributed by atoms with E-state index in [1.54, 1.807) is 18.2 Å². The average Bonchev–Trinajstić information content (AvgIpc) is 2.81. The molecule has 0 N–H and O–H groups in total. The van der Waals surface area contributed by atoms with Gasteiger partial charge in [-0.2, -0.15) is 5.10 Å². The average molecular weight is 499 g/mol. The molecule has 0 atom stereocenters. The summed E-state index contributed by atoms with van der Waals surface area (Å²) in [6.07, 6.45) is 0.918. The summed E-state index contributed by atoms with van der Waals surface area (Å²) in [6, 6.07) is 17.4.